The van der Waals surface area contributed by atoms with Crippen LogP contribution in [0, 0.1) is 6.92 Å². The van der Waals surface area contributed by atoms with Gasteiger partial charge in [0.25, 0.3) is 5.91 Å². The van der Waals surface area contributed by atoms with E-state index in [-0.39, 0.29) is 11.9 Å². The predicted molar refractivity (Wildman–Crippen MR) is 68.7 cm³/mol. The van der Waals surface area contributed by atoms with E-state index < -0.39 is 0 Å². The fourth-order valence-corrected chi connectivity index (χ4v) is 1.72. The predicted octanol–water partition coefficient (Wildman–Crippen LogP) is 2.18. The number of carbonyl (C=O) groups is 1. The minimum Gasteiger partial charge on any atom is -0.441 e. The summed E-state index contributed by atoms with van der Waals surface area (Å²) in [5.41, 5.74) is 1.78. The van der Waals surface area contributed by atoms with E-state index in [1.54, 1.807) is 43.6 Å². The average molecular weight is 254 g/mol. The largest absolute Gasteiger partial charge is 0.441 e. The third kappa shape index (κ3) is 2.28. The van der Waals surface area contributed by atoms with Gasteiger partial charge in [-0.3, -0.25) is 10.1 Å². The lowest BCUT2D eigenvalue weighted by Gasteiger charge is -2.02. The Morgan fingerprint density at radius 2 is 2.05 bits per heavy atom. The number of aromatic nitrogens is 3. The molecule has 6 nitrogen and oxygen atoms in total. The number of carbonyl (C=O) groups excluding carboxylic acids is 1. The third-order valence-electron chi connectivity index (χ3n) is 2.55. The molecule has 0 unspecified atom stereocenters. The van der Waals surface area contributed by atoms with Crippen LogP contribution in [-0.4, -0.2) is 20.9 Å². The van der Waals surface area contributed by atoms with Gasteiger partial charge in [0.1, 0.15) is 5.52 Å². The molecule has 0 radical (unpaired) electrons. The molecule has 3 rings (SSSR count). The van der Waals surface area contributed by atoms with Gasteiger partial charge in [-0.2, -0.15) is 0 Å². The van der Waals surface area contributed by atoms with E-state index in [1.807, 2.05) is 0 Å². The van der Waals surface area contributed by atoms with Crippen molar-refractivity contribution in [3.8, 4) is 0 Å². The number of hydrogen-bond acceptors (Lipinski definition) is 5. The van der Waals surface area contributed by atoms with Crippen LogP contribution in [0.3, 0.4) is 0 Å². The normalized spacial score (nSPS) is 10.6. The van der Waals surface area contributed by atoms with Crippen LogP contribution in [0.4, 0.5) is 5.95 Å². The Balaban J connectivity index is 1.89. The first-order valence-corrected chi connectivity index (χ1v) is 5.68. The average Bonchev–Trinajstić information content (AvgIpc) is 2.78. The Bertz CT molecular complexity index is 737. The van der Waals surface area contributed by atoms with Gasteiger partial charge in [0.15, 0.2) is 11.5 Å². The Hall–Kier alpha value is -2.76. The Morgan fingerprint density at radius 1 is 1.26 bits per heavy atom. The van der Waals surface area contributed by atoms with Crippen molar-refractivity contribution in [1.82, 2.24) is 15.0 Å². The molecule has 2 heterocycles. The Morgan fingerprint density at radius 3 is 2.84 bits per heavy atom. The van der Waals surface area contributed by atoms with Crippen LogP contribution < -0.4 is 5.32 Å². The molecule has 6 heteroatoms. The summed E-state index contributed by atoms with van der Waals surface area (Å²) in [6.07, 6.45) is 3.12. The molecule has 2 aromatic heterocycles. The van der Waals surface area contributed by atoms with Crippen molar-refractivity contribution in [2.45, 2.75) is 6.92 Å². The lowest BCUT2D eigenvalue weighted by molar-refractivity contribution is 0.102. The van der Waals surface area contributed by atoms with Gasteiger partial charge in [0.05, 0.1) is 0 Å². The molecular formula is C13H10N4O2. The molecule has 0 aliphatic heterocycles. The van der Waals surface area contributed by atoms with Crippen molar-refractivity contribution in [3.63, 3.8) is 0 Å². The number of rotatable bonds is 2. The summed E-state index contributed by atoms with van der Waals surface area (Å²) in [4.78, 5) is 24.0. The van der Waals surface area contributed by atoms with Crippen molar-refractivity contribution in [3.05, 3.63) is 48.1 Å². The smallest absolute Gasteiger partial charge is 0.258 e. The van der Waals surface area contributed by atoms with Gasteiger partial charge in [0.2, 0.25) is 5.95 Å². The van der Waals surface area contributed by atoms with Gasteiger partial charge in [-0.25, -0.2) is 15.0 Å². The summed E-state index contributed by atoms with van der Waals surface area (Å²) in [5, 5.41) is 2.61. The van der Waals surface area contributed by atoms with E-state index in [2.05, 4.69) is 20.3 Å². The maximum atomic E-state index is 12.0. The minimum atomic E-state index is -0.290. The highest BCUT2D eigenvalue weighted by Crippen LogP contribution is 2.17. The summed E-state index contributed by atoms with van der Waals surface area (Å²) in [6.45, 7) is 1.76. The maximum absolute atomic E-state index is 12.0. The Kier molecular flexibility index (Phi) is 2.68. The second kappa shape index (κ2) is 4.49. The number of nitrogens with one attached hydrogen (secondary N) is 1. The fourth-order valence-electron chi connectivity index (χ4n) is 1.72. The van der Waals surface area contributed by atoms with Gasteiger partial charge >= 0.3 is 0 Å². The number of fused-ring (bicyclic) bond motifs is 1. The molecule has 0 spiro atoms. The molecule has 0 atom stereocenters. The highest BCUT2D eigenvalue weighted by molar-refractivity contribution is 6.04. The zero-order chi connectivity index (χ0) is 13.2. The zero-order valence-electron chi connectivity index (χ0n) is 10.1. The molecule has 94 valence electrons. The molecule has 0 fully saturated rings. The van der Waals surface area contributed by atoms with Gasteiger partial charge in [0, 0.05) is 24.9 Å². The standard InChI is InChI=1S/C13H10N4O2/c1-8-16-10-4-3-9(7-11(10)19-8)12(18)17-13-14-5-2-6-15-13/h2-7H,1H3,(H,14,15,17,18). The van der Waals surface area contributed by atoms with Crippen LogP contribution in [0.15, 0.2) is 41.1 Å². The monoisotopic (exact) mass is 254 g/mol. The molecule has 0 saturated heterocycles. The number of nitrogens with zero attached hydrogens (tertiary/aromatic N) is 3. The topological polar surface area (TPSA) is 80.9 Å². The van der Waals surface area contributed by atoms with Crippen LogP contribution in [-0.2, 0) is 0 Å². The van der Waals surface area contributed by atoms with Crippen molar-refractivity contribution in [1.29, 1.82) is 0 Å². The molecule has 0 aliphatic carbocycles. The van der Waals surface area contributed by atoms with Gasteiger partial charge < -0.3 is 4.42 Å². The number of aryl methyl sites for hydroxylation is 1. The maximum Gasteiger partial charge on any atom is 0.258 e. The van der Waals surface area contributed by atoms with E-state index in [9.17, 15) is 4.79 Å². The van der Waals surface area contributed by atoms with Gasteiger partial charge in [-0.15, -0.1) is 0 Å². The number of benzene rings is 1. The van der Waals surface area contributed by atoms with Crippen molar-refractivity contribution >= 4 is 23.0 Å². The quantitative estimate of drug-likeness (QED) is 0.758. The minimum absolute atomic E-state index is 0.265. The first-order valence-electron chi connectivity index (χ1n) is 5.68. The number of amides is 1. The summed E-state index contributed by atoms with van der Waals surface area (Å²) < 4.78 is 5.39. The lowest BCUT2D eigenvalue weighted by atomic mass is 10.2. The number of hydrogen-bond donors (Lipinski definition) is 1. The van der Waals surface area contributed by atoms with Crippen molar-refractivity contribution < 1.29 is 9.21 Å². The first kappa shape index (κ1) is 11.3. The SMILES string of the molecule is Cc1nc2ccc(C(=O)Nc3ncccn3)cc2o1. The van der Waals surface area contributed by atoms with Crippen molar-refractivity contribution in [2.24, 2.45) is 0 Å². The molecule has 1 aromatic carbocycles. The van der Waals surface area contributed by atoms with Crippen LogP contribution in [0.1, 0.15) is 16.2 Å². The molecule has 0 aliphatic rings. The lowest BCUT2D eigenvalue weighted by Crippen LogP contribution is -2.13. The molecule has 3 aromatic rings. The first-order chi connectivity index (χ1) is 9.22. The summed E-state index contributed by atoms with van der Waals surface area (Å²) in [7, 11) is 0. The van der Waals surface area contributed by atoms with E-state index in [4.69, 9.17) is 4.42 Å². The summed E-state index contributed by atoms with van der Waals surface area (Å²) >= 11 is 0. The van der Waals surface area contributed by atoms with E-state index in [0.717, 1.165) is 5.52 Å². The highest BCUT2D eigenvalue weighted by atomic mass is 16.3. The number of anilines is 1. The second-order valence-electron chi connectivity index (χ2n) is 3.94. The second-order valence-corrected chi connectivity index (χ2v) is 3.94. The van der Waals surface area contributed by atoms with Crippen LogP contribution in [0.5, 0.6) is 0 Å². The molecule has 0 saturated carbocycles. The molecular weight excluding hydrogens is 244 g/mol. The highest BCUT2D eigenvalue weighted by Gasteiger charge is 2.10. The fraction of sp³-hybridized carbons (Fsp3) is 0.0769. The van der Waals surface area contributed by atoms with E-state index in [0.29, 0.717) is 17.0 Å². The van der Waals surface area contributed by atoms with E-state index in [1.165, 1.54) is 0 Å². The van der Waals surface area contributed by atoms with Crippen LogP contribution in [0.25, 0.3) is 11.1 Å². The van der Waals surface area contributed by atoms with Crippen molar-refractivity contribution in [2.75, 3.05) is 5.32 Å². The van der Waals surface area contributed by atoms with Crippen LogP contribution >= 0.6 is 0 Å². The third-order valence-corrected chi connectivity index (χ3v) is 2.55. The molecule has 1 N–H and O–H groups in total. The summed E-state index contributed by atoms with van der Waals surface area (Å²) in [5.74, 6) is 0.544. The Labute approximate surface area is 108 Å². The molecule has 1 amide bonds. The molecule has 0 bridgehead atoms. The van der Waals surface area contributed by atoms with E-state index >= 15 is 0 Å². The number of oxazole rings is 1. The van der Waals surface area contributed by atoms with Crippen LogP contribution in [0.2, 0.25) is 0 Å². The molecule has 19 heavy (non-hydrogen) atoms. The summed E-state index contributed by atoms with van der Waals surface area (Å²) in [6, 6.07) is 6.75. The zero-order valence-corrected chi connectivity index (χ0v) is 10.1. The van der Waals surface area contributed by atoms with Gasteiger partial charge in [-0.05, 0) is 24.3 Å². The van der Waals surface area contributed by atoms with Gasteiger partial charge in [-0.1, -0.05) is 0 Å².